The maximum absolute atomic E-state index is 13.0. The van der Waals surface area contributed by atoms with Crippen LogP contribution >= 0.6 is 0 Å². The molecule has 33 heavy (non-hydrogen) atoms. The Hall–Kier alpha value is -2.58. The Morgan fingerprint density at radius 1 is 1.21 bits per heavy atom. The third-order valence-corrected chi connectivity index (χ3v) is 7.23. The maximum Gasteiger partial charge on any atom is 0.252 e. The summed E-state index contributed by atoms with van der Waals surface area (Å²) in [5, 5.41) is 14.0. The van der Waals surface area contributed by atoms with Crippen LogP contribution in [0, 0.1) is 6.92 Å². The summed E-state index contributed by atoms with van der Waals surface area (Å²) in [6.45, 7) is 6.36. The number of aromatic nitrogens is 5. The van der Waals surface area contributed by atoms with Crippen molar-refractivity contribution in [2.24, 2.45) is 0 Å². The summed E-state index contributed by atoms with van der Waals surface area (Å²) in [6, 6.07) is 8.56. The zero-order valence-corrected chi connectivity index (χ0v) is 19.7. The van der Waals surface area contributed by atoms with Gasteiger partial charge in [0.25, 0.3) is 5.56 Å². The summed E-state index contributed by atoms with van der Waals surface area (Å²) in [7, 11) is 0. The van der Waals surface area contributed by atoms with Crippen molar-refractivity contribution in [1.82, 2.24) is 30.1 Å². The largest absolute Gasteiger partial charge is 0.377 e. The van der Waals surface area contributed by atoms with E-state index < -0.39 is 0 Å². The van der Waals surface area contributed by atoms with Crippen molar-refractivity contribution < 1.29 is 4.74 Å². The van der Waals surface area contributed by atoms with E-state index in [1.165, 1.54) is 18.4 Å². The van der Waals surface area contributed by atoms with Crippen LogP contribution in [0.1, 0.15) is 80.9 Å². The number of benzene rings is 1. The molecule has 8 heteroatoms. The van der Waals surface area contributed by atoms with E-state index in [2.05, 4.69) is 50.0 Å². The van der Waals surface area contributed by atoms with Crippen molar-refractivity contribution in [3.05, 3.63) is 51.6 Å². The van der Waals surface area contributed by atoms with Crippen LogP contribution in [0.25, 0.3) is 10.9 Å². The lowest BCUT2D eigenvalue weighted by Crippen LogP contribution is -2.38. The summed E-state index contributed by atoms with van der Waals surface area (Å²) in [4.78, 5) is 18.4. The van der Waals surface area contributed by atoms with E-state index in [1.807, 2.05) is 18.2 Å². The number of nitrogens with one attached hydrogen (secondary N) is 1. The lowest BCUT2D eigenvalue weighted by atomic mass is 10.1. The number of rotatable bonds is 8. The fourth-order valence-corrected chi connectivity index (χ4v) is 5.49. The highest BCUT2D eigenvalue weighted by atomic mass is 16.5. The maximum atomic E-state index is 13.0. The molecule has 8 nitrogen and oxygen atoms in total. The minimum atomic E-state index is -0.0334. The number of aromatic amines is 1. The molecule has 0 spiro atoms. The van der Waals surface area contributed by atoms with Gasteiger partial charge < -0.3 is 9.72 Å². The van der Waals surface area contributed by atoms with Gasteiger partial charge in [-0.1, -0.05) is 31.4 Å². The van der Waals surface area contributed by atoms with Crippen LogP contribution in [0.2, 0.25) is 0 Å². The van der Waals surface area contributed by atoms with Crippen molar-refractivity contribution in [3.8, 4) is 0 Å². The molecule has 1 saturated heterocycles. The van der Waals surface area contributed by atoms with Gasteiger partial charge in [0, 0.05) is 30.8 Å². The zero-order valence-electron chi connectivity index (χ0n) is 19.7. The molecule has 1 N–H and O–H groups in total. The molecule has 2 atom stereocenters. The van der Waals surface area contributed by atoms with Crippen LogP contribution in [0.4, 0.5) is 0 Å². The van der Waals surface area contributed by atoms with Crippen molar-refractivity contribution in [3.63, 3.8) is 0 Å². The van der Waals surface area contributed by atoms with Gasteiger partial charge in [-0.2, -0.15) is 0 Å². The van der Waals surface area contributed by atoms with Gasteiger partial charge in [-0.05, 0) is 73.0 Å². The van der Waals surface area contributed by atoms with Crippen molar-refractivity contribution in [1.29, 1.82) is 0 Å². The first-order chi connectivity index (χ1) is 16.1. The van der Waals surface area contributed by atoms with E-state index in [-0.39, 0.29) is 17.7 Å². The van der Waals surface area contributed by atoms with E-state index in [1.54, 1.807) is 0 Å². The van der Waals surface area contributed by atoms with Crippen LogP contribution in [0.3, 0.4) is 0 Å². The monoisotopic (exact) mass is 450 g/mol. The molecule has 1 aliphatic carbocycles. The van der Waals surface area contributed by atoms with Crippen LogP contribution in [-0.2, 0) is 11.3 Å². The summed E-state index contributed by atoms with van der Waals surface area (Å²) in [5.74, 6) is 0.912. The van der Waals surface area contributed by atoms with E-state index in [4.69, 9.17) is 4.74 Å². The number of nitrogens with zero attached hydrogens (tertiary/aromatic N) is 5. The SMILES string of the molecule is CC[C@@H](c1nnnn1C1CCCC1)N(Cc1cc2cc(C)ccc2[nH]c1=O)C[C@@H]1CCCO1. The second-order valence-electron chi connectivity index (χ2n) is 9.62. The first kappa shape index (κ1) is 22.2. The Morgan fingerprint density at radius 2 is 2.06 bits per heavy atom. The molecule has 3 aromatic rings. The fourth-order valence-electron chi connectivity index (χ4n) is 5.49. The van der Waals surface area contributed by atoms with Crippen LogP contribution in [0.15, 0.2) is 29.1 Å². The molecule has 176 valence electrons. The predicted molar refractivity (Wildman–Crippen MR) is 127 cm³/mol. The Bertz CT molecular complexity index is 1140. The topological polar surface area (TPSA) is 88.9 Å². The lowest BCUT2D eigenvalue weighted by Gasteiger charge is -2.32. The molecule has 1 saturated carbocycles. The van der Waals surface area contributed by atoms with Crippen molar-refractivity contribution in [2.75, 3.05) is 13.2 Å². The van der Waals surface area contributed by atoms with Gasteiger partial charge in [-0.15, -0.1) is 5.10 Å². The zero-order chi connectivity index (χ0) is 22.8. The third kappa shape index (κ3) is 4.73. The molecule has 0 bridgehead atoms. The average molecular weight is 451 g/mol. The number of aryl methyl sites for hydroxylation is 1. The predicted octanol–water partition coefficient (Wildman–Crippen LogP) is 4.07. The normalized spacial score (nSPS) is 20.3. The van der Waals surface area contributed by atoms with Gasteiger partial charge in [0.05, 0.1) is 18.2 Å². The van der Waals surface area contributed by atoms with Crippen molar-refractivity contribution >= 4 is 10.9 Å². The van der Waals surface area contributed by atoms with E-state index >= 15 is 0 Å². The van der Waals surface area contributed by atoms with E-state index in [0.717, 1.165) is 67.5 Å². The Kier molecular flexibility index (Phi) is 6.55. The lowest BCUT2D eigenvalue weighted by molar-refractivity contribution is 0.0484. The highest BCUT2D eigenvalue weighted by Gasteiger charge is 2.31. The number of pyridine rings is 1. The van der Waals surface area contributed by atoms with Gasteiger partial charge in [0.2, 0.25) is 0 Å². The minimum absolute atomic E-state index is 0.0254. The molecular weight excluding hydrogens is 416 g/mol. The molecule has 2 aliphatic rings. The number of H-pyrrole nitrogens is 1. The molecule has 1 aromatic carbocycles. The molecule has 2 aromatic heterocycles. The number of hydrogen-bond acceptors (Lipinski definition) is 6. The highest BCUT2D eigenvalue weighted by Crippen LogP contribution is 2.33. The Morgan fingerprint density at radius 3 is 2.82 bits per heavy atom. The van der Waals surface area contributed by atoms with Crippen LogP contribution < -0.4 is 5.56 Å². The molecule has 0 radical (unpaired) electrons. The summed E-state index contributed by atoms with van der Waals surface area (Å²) in [6.07, 6.45) is 7.90. The van der Waals surface area contributed by atoms with Gasteiger partial charge in [-0.3, -0.25) is 9.69 Å². The van der Waals surface area contributed by atoms with Crippen LogP contribution in [-0.4, -0.2) is 49.3 Å². The van der Waals surface area contributed by atoms with E-state index in [0.29, 0.717) is 12.6 Å². The first-order valence-electron chi connectivity index (χ1n) is 12.4. The minimum Gasteiger partial charge on any atom is -0.377 e. The number of hydrogen-bond donors (Lipinski definition) is 1. The first-order valence-corrected chi connectivity index (χ1v) is 12.4. The molecule has 5 rings (SSSR count). The smallest absolute Gasteiger partial charge is 0.252 e. The number of fused-ring (bicyclic) bond motifs is 1. The quantitative estimate of drug-likeness (QED) is 0.556. The average Bonchev–Trinajstić information content (AvgIpc) is 3.58. The summed E-state index contributed by atoms with van der Waals surface area (Å²) < 4.78 is 8.05. The van der Waals surface area contributed by atoms with Crippen LogP contribution in [0.5, 0.6) is 0 Å². The second kappa shape index (κ2) is 9.73. The Labute approximate surface area is 194 Å². The van der Waals surface area contributed by atoms with Gasteiger partial charge in [0.1, 0.15) is 0 Å². The third-order valence-electron chi connectivity index (χ3n) is 7.23. The molecule has 3 heterocycles. The molecule has 1 aliphatic heterocycles. The highest BCUT2D eigenvalue weighted by molar-refractivity contribution is 5.79. The van der Waals surface area contributed by atoms with Gasteiger partial charge in [0.15, 0.2) is 5.82 Å². The standard InChI is InChI=1S/C25H34N6O2/c1-3-23(24-27-28-29-31(24)20-7-4-5-8-20)30(16-21-9-6-12-33-21)15-19-14-18-13-17(2)10-11-22(18)26-25(19)32/h10-11,13-14,20-21,23H,3-9,12,15-16H2,1-2H3,(H,26,32)/t21-,23-/m0/s1. The fraction of sp³-hybridized carbons (Fsp3) is 0.600. The van der Waals surface area contributed by atoms with E-state index in [9.17, 15) is 4.79 Å². The molecule has 2 fully saturated rings. The molecular formula is C25H34N6O2. The van der Waals surface area contributed by atoms with Crippen molar-refractivity contribution in [2.45, 2.75) is 83.5 Å². The second-order valence-corrected chi connectivity index (χ2v) is 9.62. The molecule has 0 amide bonds. The Balaban J connectivity index is 1.49. The number of tetrazole rings is 1. The van der Waals surface area contributed by atoms with Gasteiger partial charge >= 0.3 is 0 Å². The summed E-state index contributed by atoms with van der Waals surface area (Å²) >= 11 is 0. The summed E-state index contributed by atoms with van der Waals surface area (Å²) in [5.41, 5.74) is 2.79. The number of ether oxygens (including phenoxy) is 1. The molecule has 0 unspecified atom stereocenters. The van der Waals surface area contributed by atoms with Gasteiger partial charge in [-0.25, -0.2) is 4.68 Å².